The summed E-state index contributed by atoms with van der Waals surface area (Å²) in [5.74, 6) is 1.66. The molecule has 1 saturated heterocycles. The van der Waals surface area contributed by atoms with Crippen molar-refractivity contribution in [2.24, 2.45) is 0 Å². The van der Waals surface area contributed by atoms with Gasteiger partial charge in [0.25, 0.3) is 5.91 Å². The number of nitrogens with one attached hydrogen (secondary N) is 1. The van der Waals surface area contributed by atoms with Crippen LogP contribution in [0.1, 0.15) is 47.8 Å². The molecule has 2 aromatic heterocycles. The van der Waals surface area contributed by atoms with Gasteiger partial charge in [-0.1, -0.05) is 5.16 Å². The lowest BCUT2D eigenvalue weighted by molar-refractivity contribution is 0.101. The summed E-state index contributed by atoms with van der Waals surface area (Å²) >= 11 is 0. The molecule has 2 fully saturated rings. The number of carbonyl (C=O) groups excluding carboxylic acids is 1. The Morgan fingerprint density at radius 2 is 1.95 bits per heavy atom. The minimum Gasteiger partial charge on any atom is -0.360 e. The third-order valence-corrected chi connectivity index (χ3v) is 4.03. The summed E-state index contributed by atoms with van der Waals surface area (Å²) in [6.45, 7) is 1.99. The van der Waals surface area contributed by atoms with Crippen molar-refractivity contribution in [3.05, 3.63) is 29.9 Å². The summed E-state index contributed by atoms with van der Waals surface area (Å²) < 4.78 is 5.19. The first-order valence-corrected chi connectivity index (χ1v) is 7.64. The number of nitrogens with zero attached hydrogens (tertiary/aromatic N) is 4. The van der Waals surface area contributed by atoms with Crippen LogP contribution in [0.5, 0.6) is 0 Å². The maximum Gasteiger partial charge on any atom is 0.277 e. The van der Waals surface area contributed by atoms with Crippen LogP contribution >= 0.6 is 0 Å². The number of amides is 1. The van der Waals surface area contributed by atoms with E-state index in [9.17, 15) is 4.79 Å². The van der Waals surface area contributed by atoms with Gasteiger partial charge >= 0.3 is 0 Å². The molecule has 1 aliphatic heterocycles. The number of hydrogen-bond donors (Lipinski definition) is 1. The van der Waals surface area contributed by atoms with Crippen LogP contribution in [-0.2, 0) is 0 Å². The van der Waals surface area contributed by atoms with Crippen molar-refractivity contribution in [2.75, 3.05) is 23.3 Å². The molecule has 114 valence electrons. The van der Waals surface area contributed by atoms with Gasteiger partial charge in [-0.3, -0.25) is 4.79 Å². The van der Waals surface area contributed by atoms with Gasteiger partial charge in [0.15, 0.2) is 5.69 Å². The Balaban J connectivity index is 1.42. The van der Waals surface area contributed by atoms with Gasteiger partial charge in [0.05, 0.1) is 18.1 Å². The molecule has 1 aliphatic carbocycles. The Hall–Kier alpha value is -2.44. The highest BCUT2D eigenvalue weighted by Gasteiger charge is 2.29. The second kappa shape index (κ2) is 5.40. The first-order valence-electron chi connectivity index (χ1n) is 7.64. The van der Waals surface area contributed by atoms with Crippen molar-refractivity contribution in [3.63, 3.8) is 0 Å². The van der Waals surface area contributed by atoms with Crippen LogP contribution in [0.4, 0.5) is 11.6 Å². The molecule has 4 rings (SSSR count). The summed E-state index contributed by atoms with van der Waals surface area (Å²) in [6, 6.07) is 1.71. The predicted octanol–water partition coefficient (Wildman–Crippen LogP) is 2.19. The van der Waals surface area contributed by atoms with Gasteiger partial charge in [0.2, 0.25) is 5.95 Å². The molecule has 0 atom stereocenters. The molecule has 1 amide bonds. The summed E-state index contributed by atoms with van der Waals surface area (Å²) in [6.07, 6.45) is 7.83. The highest BCUT2D eigenvalue weighted by Crippen LogP contribution is 2.40. The number of carbonyl (C=O) groups is 1. The molecule has 0 bridgehead atoms. The molecule has 0 radical (unpaired) electrons. The molecule has 0 unspecified atom stereocenters. The zero-order chi connectivity index (χ0) is 14.9. The highest BCUT2D eigenvalue weighted by molar-refractivity contribution is 6.02. The molecule has 1 N–H and O–H groups in total. The van der Waals surface area contributed by atoms with Crippen LogP contribution < -0.4 is 10.2 Å². The van der Waals surface area contributed by atoms with E-state index in [0.717, 1.165) is 31.7 Å². The molecular weight excluding hydrogens is 282 g/mol. The second-order valence-corrected chi connectivity index (χ2v) is 5.81. The standard InChI is InChI=1S/C15H17N5O2/c21-14(12-7-13(22-19-12)10-3-4-10)18-11-8-16-15(17-9-11)20-5-1-2-6-20/h7-10H,1-6H2,(H,18,21). The predicted molar refractivity (Wildman–Crippen MR) is 79.9 cm³/mol. The van der Waals surface area contributed by atoms with E-state index in [0.29, 0.717) is 23.2 Å². The van der Waals surface area contributed by atoms with Gasteiger partial charge in [-0.15, -0.1) is 0 Å². The van der Waals surface area contributed by atoms with E-state index in [4.69, 9.17) is 4.52 Å². The summed E-state index contributed by atoms with van der Waals surface area (Å²) in [7, 11) is 0. The second-order valence-electron chi connectivity index (χ2n) is 5.81. The fraction of sp³-hybridized carbons (Fsp3) is 0.467. The third-order valence-electron chi connectivity index (χ3n) is 4.03. The zero-order valence-corrected chi connectivity index (χ0v) is 12.2. The lowest BCUT2D eigenvalue weighted by atomic mass is 10.3. The fourth-order valence-electron chi connectivity index (χ4n) is 2.62. The number of rotatable bonds is 4. The summed E-state index contributed by atoms with van der Waals surface area (Å²) in [5.41, 5.74) is 0.856. The van der Waals surface area contributed by atoms with Crippen LogP contribution in [-0.4, -0.2) is 34.1 Å². The van der Waals surface area contributed by atoms with E-state index in [-0.39, 0.29) is 5.91 Å². The normalized spacial score (nSPS) is 17.7. The highest BCUT2D eigenvalue weighted by atomic mass is 16.5. The quantitative estimate of drug-likeness (QED) is 0.931. The van der Waals surface area contributed by atoms with Gasteiger partial charge in [-0.25, -0.2) is 9.97 Å². The molecule has 2 aromatic rings. The Morgan fingerprint density at radius 3 is 2.64 bits per heavy atom. The molecule has 7 nitrogen and oxygen atoms in total. The van der Waals surface area contributed by atoms with E-state index in [1.54, 1.807) is 18.5 Å². The summed E-state index contributed by atoms with van der Waals surface area (Å²) in [4.78, 5) is 22.9. The topological polar surface area (TPSA) is 84.2 Å². The number of aromatic nitrogens is 3. The first kappa shape index (κ1) is 13.2. The largest absolute Gasteiger partial charge is 0.360 e. The maximum atomic E-state index is 12.1. The summed E-state index contributed by atoms with van der Waals surface area (Å²) in [5, 5.41) is 6.56. The number of hydrogen-bond acceptors (Lipinski definition) is 6. The van der Waals surface area contributed by atoms with Crippen LogP contribution in [0.25, 0.3) is 0 Å². The number of anilines is 2. The van der Waals surface area contributed by atoms with Crippen LogP contribution in [0.2, 0.25) is 0 Å². The Morgan fingerprint density at radius 1 is 1.23 bits per heavy atom. The first-order chi connectivity index (χ1) is 10.8. The van der Waals surface area contributed by atoms with Gasteiger partial charge < -0.3 is 14.7 Å². The van der Waals surface area contributed by atoms with Crippen molar-refractivity contribution in [1.29, 1.82) is 0 Å². The average molecular weight is 299 g/mol. The maximum absolute atomic E-state index is 12.1. The van der Waals surface area contributed by atoms with Crippen LogP contribution in [0, 0.1) is 0 Å². The van der Waals surface area contributed by atoms with E-state index >= 15 is 0 Å². The average Bonchev–Trinajstić information content (AvgIpc) is 3.05. The third kappa shape index (κ3) is 2.66. The van der Waals surface area contributed by atoms with Crippen LogP contribution in [0.15, 0.2) is 23.0 Å². The van der Waals surface area contributed by atoms with Crippen molar-refractivity contribution in [2.45, 2.75) is 31.6 Å². The zero-order valence-electron chi connectivity index (χ0n) is 12.2. The lowest BCUT2D eigenvalue weighted by Crippen LogP contribution is -2.20. The Bertz CT molecular complexity index is 671. The van der Waals surface area contributed by atoms with Gasteiger partial charge in [-0.05, 0) is 25.7 Å². The van der Waals surface area contributed by atoms with E-state index in [1.165, 1.54) is 12.8 Å². The minimum atomic E-state index is -0.298. The minimum absolute atomic E-state index is 0.297. The van der Waals surface area contributed by atoms with Gasteiger partial charge in [0.1, 0.15) is 5.76 Å². The van der Waals surface area contributed by atoms with Crippen LogP contribution in [0.3, 0.4) is 0 Å². The van der Waals surface area contributed by atoms with E-state index in [1.807, 2.05) is 0 Å². The molecule has 0 spiro atoms. The van der Waals surface area contributed by atoms with Crippen molar-refractivity contribution < 1.29 is 9.32 Å². The molecule has 2 aliphatic rings. The lowest BCUT2D eigenvalue weighted by Gasteiger charge is -2.14. The molecule has 1 saturated carbocycles. The molecule has 3 heterocycles. The molecule has 0 aromatic carbocycles. The monoisotopic (exact) mass is 299 g/mol. The smallest absolute Gasteiger partial charge is 0.277 e. The fourth-order valence-corrected chi connectivity index (χ4v) is 2.62. The SMILES string of the molecule is O=C(Nc1cnc(N2CCCC2)nc1)c1cc(C2CC2)on1. The molecule has 7 heteroatoms. The Labute approximate surface area is 127 Å². The van der Waals surface area contributed by atoms with Crippen molar-refractivity contribution in [3.8, 4) is 0 Å². The van der Waals surface area contributed by atoms with Gasteiger partial charge in [-0.2, -0.15) is 0 Å². The molecule has 22 heavy (non-hydrogen) atoms. The van der Waals surface area contributed by atoms with E-state index in [2.05, 4.69) is 25.3 Å². The Kier molecular flexibility index (Phi) is 3.25. The van der Waals surface area contributed by atoms with Crippen molar-refractivity contribution in [1.82, 2.24) is 15.1 Å². The van der Waals surface area contributed by atoms with Gasteiger partial charge in [0, 0.05) is 25.1 Å². The molecular formula is C15H17N5O2. The van der Waals surface area contributed by atoms with Crippen molar-refractivity contribution >= 4 is 17.5 Å². The van der Waals surface area contributed by atoms with E-state index < -0.39 is 0 Å².